The van der Waals surface area contributed by atoms with Gasteiger partial charge in [0.05, 0.1) is 12.2 Å². The highest BCUT2D eigenvalue weighted by Gasteiger charge is 2.10. The van der Waals surface area contributed by atoms with Gasteiger partial charge in [-0.05, 0) is 49.6 Å². The molecule has 2 rings (SSSR count). The van der Waals surface area contributed by atoms with Crippen LogP contribution in [0.1, 0.15) is 37.5 Å². The van der Waals surface area contributed by atoms with Crippen LogP contribution >= 0.6 is 0 Å². The van der Waals surface area contributed by atoms with Crippen LogP contribution in [0.2, 0.25) is 0 Å². The maximum atomic E-state index is 11.9. The Kier molecular flexibility index (Phi) is 6.32. The van der Waals surface area contributed by atoms with Crippen LogP contribution < -0.4 is 10.6 Å². The lowest BCUT2D eigenvalue weighted by atomic mass is 10.1. The highest BCUT2D eigenvalue weighted by Crippen LogP contribution is 2.13. The van der Waals surface area contributed by atoms with Crippen LogP contribution in [0.25, 0.3) is 0 Å². The van der Waals surface area contributed by atoms with Gasteiger partial charge in [-0.3, -0.25) is 4.98 Å². The van der Waals surface area contributed by atoms with E-state index in [1.165, 1.54) is 0 Å². The molecule has 0 aliphatic carbocycles. The van der Waals surface area contributed by atoms with Gasteiger partial charge in [-0.15, -0.1) is 0 Å². The minimum Gasteiger partial charge on any atom is -0.371 e. The van der Waals surface area contributed by atoms with E-state index in [1.807, 2.05) is 51.1 Å². The quantitative estimate of drug-likeness (QED) is 0.855. The molecular formula is C19H25N3O2. The van der Waals surface area contributed by atoms with Crippen molar-refractivity contribution in [2.24, 2.45) is 0 Å². The molecule has 2 aromatic rings. The summed E-state index contributed by atoms with van der Waals surface area (Å²) in [6.07, 6.45) is 3.42. The maximum Gasteiger partial charge on any atom is 0.315 e. The molecule has 128 valence electrons. The first-order valence-corrected chi connectivity index (χ1v) is 8.05. The fourth-order valence-electron chi connectivity index (χ4n) is 2.06. The maximum absolute atomic E-state index is 11.9. The molecule has 0 atom stereocenters. The largest absolute Gasteiger partial charge is 0.371 e. The predicted octanol–water partition coefficient (Wildman–Crippen LogP) is 3.40. The van der Waals surface area contributed by atoms with Crippen LogP contribution in [0.4, 0.5) is 4.79 Å². The van der Waals surface area contributed by atoms with Gasteiger partial charge in [0.1, 0.15) is 0 Å². The number of nitrogens with one attached hydrogen (secondary N) is 2. The van der Waals surface area contributed by atoms with Crippen LogP contribution in [0, 0.1) is 0 Å². The lowest BCUT2D eigenvalue weighted by Gasteiger charge is -2.19. The number of aromatic nitrogens is 1. The third-order valence-electron chi connectivity index (χ3n) is 3.32. The van der Waals surface area contributed by atoms with E-state index in [-0.39, 0.29) is 11.6 Å². The van der Waals surface area contributed by atoms with Crippen molar-refractivity contribution in [1.29, 1.82) is 0 Å². The van der Waals surface area contributed by atoms with E-state index >= 15 is 0 Å². The van der Waals surface area contributed by atoms with Crippen LogP contribution in [0.3, 0.4) is 0 Å². The standard InChI is InChI=1S/C19H25N3O2/c1-19(2,3)24-14-17-6-4-5-16(11-17)13-22-18(23)21-12-15-7-9-20-10-8-15/h4-11H,12-14H2,1-3H3,(H2,21,22,23). The molecule has 5 heteroatoms. The van der Waals surface area contributed by atoms with Crippen molar-refractivity contribution in [2.75, 3.05) is 0 Å². The minimum absolute atomic E-state index is 0.166. The zero-order chi connectivity index (χ0) is 17.4. The molecule has 2 N–H and O–H groups in total. The van der Waals surface area contributed by atoms with Gasteiger partial charge in [-0.2, -0.15) is 0 Å². The summed E-state index contributed by atoms with van der Waals surface area (Å²) in [5, 5.41) is 5.69. The predicted molar refractivity (Wildman–Crippen MR) is 94.3 cm³/mol. The highest BCUT2D eigenvalue weighted by molar-refractivity contribution is 5.73. The summed E-state index contributed by atoms with van der Waals surface area (Å²) in [6, 6.07) is 11.6. The number of hydrogen-bond acceptors (Lipinski definition) is 3. The van der Waals surface area contributed by atoms with E-state index < -0.39 is 0 Å². The summed E-state index contributed by atoms with van der Waals surface area (Å²) in [7, 11) is 0. The van der Waals surface area contributed by atoms with Crippen molar-refractivity contribution >= 4 is 6.03 Å². The lowest BCUT2D eigenvalue weighted by molar-refractivity contribution is -0.0149. The molecule has 0 aliphatic heterocycles. The second-order valence-corrected chi connectivity index (χ2v) is 6.61. The number of rotatable bonds is 6. The molecular weight excluding hydrogens is 302 g/mol. The Bertz CT molecular complexity index is 651. The van der Waals surface area contributed by atoms with Gasteiger partial charge in [0.15, 0.2) is 0 Å². The Morgan fingerprint density at radius 2 is 1.62 bits per heavy atom. The molecule has 0 aliphatic rings. The number of nitrogens with zero attached hydrogens (tertiary/aromatic N) is 1. The highest BCUT2D eigenvalue weighted by atomic mass is 16.5. The third kappa shape index (κ3) is 6.79. The molecule has 2 amide bonds. The minimum atomic E-state index is -0.192. The topological polar surface area (TPSA) is 63.2 Å². The number of carbonyl (C=O) groups is 1. The Balaban J connectivity index is 1.78. The first kappa shape index (κ1) is 17.9. The average Bonchev–Trinajstić information content (AvgIpc) is 2.57. The first-order valence-electron chi connectivity index (χ1n) is 8.05. The number of urea groups is 1. The summed E-state index contributed by atoms with van der Waals surface area (Å²) in [4.78, 5) is 15.8. The van der Waals surface area contributed by atoms with Crippen molar-refractivity contribution < 1.29 is 9.53 Å². The van der Waals surface area contributed by atoms with E-state index in [9.17, 15) is 4.79 Å². The smallest absolute Gasteiger partial charge is 0.315 e. The summed E-state index contributed by atoms with van der Waals surface area (Å²) in [5.41, 5.74) is 2.99. The lowest BCUT2D eigenvalue weighted by Crippen LogP contribution is -2.34. The molecule has 5 nitrogen and oxygen atoms in total. The van der Waals surface area contributed by atoms with Gasteiger partial charge in [0.25, 0.3) is 0 Å². The summed E-state index contributed by atoms with van der Waals surface area (Å²) in [5.74, 6) is 0. The zero-order valence-electron chi connectivity index (χ0n) is 14.5. The number of benzene rings is 1. The van der Waals surface area contributed by atoms with Crippen LogP contribution in [0.5, 0.6) is 0 Å². The third-order valence-corrected chi connectivity index (χ3v) is 3.32. The van der Waals surface area contributed by atoms with Gasteiger partial charge in [0, 0.05) is 25.5 Å². The molecule has 0 spiro atoms. The van der Waals surface area contributed by atoms with Crippen LogP contribution in [0.15, 0.2) is 48.8 Å². The molecule has 0 unspecified atom stereocenters. The van der Waals surface area contributed by atoms with Crippen molar-refractivity contribution in [2.45, 2.75) is 46.1 Å². The van der Waals surface area contributed by atoms with Crippen molar-refractivity contribution in [1.82, 2.24) is 15.6 Å². The van der Waals surface area contributed by atoms with Crippen molar-refractivity contribution in [3.63, 3.8) is 0 Å². The number of pyridine rings is 1. The molecule has 24 heavy (non-hydrogen) atoms. The molecule has 1 heterocycles. The second-order valence-electron chi connectivity index (χ2n) is 6.61. The van der Waals surface area contributed by atoms with Crippen LogP contribution in [-0.4, -0.2) is 16.6 Å². The van der Waals surface area contributed by atoms with Crippen molar-refractivity contribution in [3.05, 3.63) is 65.5 Å². The van der Waals surface area contributed by atoms with E-state index in [0.29, 0.717) is 19.7 Å². The molecule has 0 radical (unpaired) electrons. The van der Waals surface area contributed by atoms with Crippen molar-refractivity contribution in [3.8, 4) is 0 Å². The summed E-state index contributed by atoms with van der Waals surface area (Å²) >= 11 is 0. The normalized spacial score (nSPS) is 11.1. The first-order chi connectivity index (χ1) is 11.4. The van der Waals surface area contributed by atoms with Gasteiger partial charge >= 0.3 is 6.03 Å². The Morgan fingerprint density at radius 1 is 1.00 bits per heavy atom. The second kappa shape index (κ2) is 8.45. The molecule has 0 saturated heterocycles. The van der Waals surface area contributed by atoms with Gasteiger partial charge in [-0.25, -0.2) is 4.79 Å². The number of carbonyl (C=O) groups excluding carboxylic acids is 1. The Hall–Kier alpha value is -2.40. The number of amides is 2. The fraction of sp³-hybridized carbons (Fsp3) is 0.368. The average molecular weight is 327 g/mol. The van der Waals surface area contributed by atoms with Gasteiger partial charge in [-0.1, -0.05) is 24.3 Å². The molecule has 0 bridgehead atoms. The fourth-order valence-corrected chi connectivity index (χ4v) is 2.06. The Morgan fingerprint density at radius 3 is 2.29 bits per heavy atom. The van der Waals surface area contributed by atoms with Gasteiger partial charge < -0.3 is 15.4 Å². The van der Waals surface area contributed by atoms with E-state index in [1.54, 1.807) is 12.4 Å². The molecule has 1 aromatic heterocycles. The van der Waals surface area contributed by atoms with E-state index in [0.717, 1.165) is 16.7 Å². The summed E-state index contributed by atoms with van der Waals surface area (Å²) < 4.78 is 5.78. The molecule has 1 aromatic carbocycles. The summed E-state index contributed by atoms with van der Waals surface area (Å²) in [6.45, 7) is 7.62. The van der Waals surface area contributed by atoms with Gasteiger partial charge in [0.2, 0.25) is 0 Å². The monoisotopic (exact) mass is 327 g/mol. The number of ether oxygens (including phenoxy) is 1. The van der Waals surface area contributed by atoms with E-state index in [2.05, 4.69) is 21.7 Å². The molecule has 0 saturated carbocycles. The molecule has 0 fully saturated rings. The van der Waals surface area contributed by atoms with E-state index in [4.69, 9.17) is 4.74 Å². The SMILES string of the molecule is CC(C)(C)OCc1cccc(CNC(=O)NCc2ccncc2)c1. The zero-order valence-corrected chi connectivity index (χ0v) is 14.5. The Labute approximate surface area is 143 Å². The number of hydrogen-bond donors (Lipinski definition) is 2. The van der Waals surface area contributed by atoms with Crippen LogP contribution in [-0.2, 0) is 24.4 Å².